The minimum Gasteiger partial charge on any atom is -0.466 e. The van der Waals surface area contributed by atoms with Crippen molar-refractivity contribution in [3.63, 3.8) is 0 Å². The maximum Gasteiger partial charge on any atom is 0.305 e. The number of allylic oxidation sites excluding steroid dienone is 1. The van der Waals surface area contributed by atoms with E-state index in [2.05, 4.69) is 33.1 Å². The number of carbonyl (C=O) groups excluding carboxylic acids is 1. The zero-order chi connectivity index (χ0) is 22.6. The molecular formula is C27H40O4. The maximum absolute atomic E-state index is 12.0. The van der Waals surface area contributed by atoms with E-state index in [4.69, 9.17) is 4.74 Å². The summed E-state index contributed by atoms with van der Waals surface area (Å²) in [6, 6.07) is 0. The normalized spacial score (nSPS) is 44.2. The van der Waals surface area contributed by atoms with Crippen LogP contribution < -0.4 is 0 Å². The summed E-state index contributed by atoms with van der Waals surface area (Å²) in [4.78, 5) is 11.5. The lowest BCUT2D eigenvalue weighted by Crippen LogP contribution is -2.55. The Kier molecular flexibility index (Phi) is 5.79. The summed E-state index contributed by atoms with van der Waals surface area (Å²) in [5.74, 6) is 1.06. The Labute approximate surface area is 187 Å². The van der Waals surface area contributed by atoms with Gasteiger partial charge >= 0.3 is 5.97 Å². The van der Waals surface area contributed by atoms with Crippen molar-refractivity contribution in [3.05, 3.63) is 36.0 Å². The lowest BCUT2D eigenvalue weighted by molar-refractivity contribution is -0.144. The van der Waals surface area contributed by atoms with Gasteiger partial charge in [0.05, 0.1) is 18.3 Å². The number of ether oxygens (including phenoxy) is 1. The number of aliphatic hydroxyl groups excluding tert-OH is 1. The number of hydrogen-bond donors (Lipinski definition) is 2. The largest absolute Gasteiger partial charge is 0.466 e. The van der Waals surface area contributed by atoms with E-state index < -0.39 is 5.60 Å². The van der Waals surface area contributed by atoms with Gasteiger partial charge in [-0.05, 0) is 85.7 Å². The molecule has 0 aliphatic heterocycles. The zero-order valence-corrected chi connectivity index (χ0v) is 19.6. The second-order valence-electron chi connectivity index (χ2n) is 11.0. The average Bonchev–Trinajstić information content (AvgIpc) is 2.89. The number of fused-ring (bicyclic) bond motifs is 5. The van der Waals surface area contributed by atoms with Crippen LogP contribution in [0.1, 0.15) is 78.6 Å². The van der Waals surface area contributed by atoms with Gasteiger partial charge < -0.3 is 14.9 Å². The molecule has 2 N–H and O–H groups in total. The van der Waals surface area contributed by atoms with Crippen molar-refractivity contribution in [2.45, 2.75) is 90.3 Å². The Bertz CT molecular complexity index is 812. The van der Waals surface area contributed by atoms with Crippen molar-refractivity contribution in [2.24, 2.45) is 28.6 Å². The van der Waals surface area contributed by atoms with Crippen LogP contribution in [0, 0.1) is 28.6 Å². The maximum atomic E-state index is 12.0. The molecule has 4 heteroatoms. The Hall–Kier alpha value is -1.39. The third kappa shape index (κ3) is 3.28. The number of esters is 1. The molecule has 7 atom stereocenters. The van der Waals surface area contributed by atoms with Gasteiger partial charge in [0.25, 0.3) is 0 Å². The van der Waals surface area contributed by atoms with Crippen molar-refractivity contribution < 1.29 is 19.7 Å². The van der Waals surface area contributed by atoms with E-state index in [1.165, 1.54) is 5.57 Å². The zero-order valence-electron chi connectivity index (χ0n) is 19.6. The highest BCUT2D eigenvalue weighted by Crippen LogP contribution is 2.69. The molecule has 4 nitrogen and oxygen atoms in total. The van der Waals surface area contributed by atoms with E-state index in [-0.39, 0.29) is 28.8 Å². The predicted octanol–water partition coefficient (Wildman–Crippen LogP) is 5.11. The standard InChI is InChI=1S/C27H40O4/c1-6-23(29)31-15-7-12-27(30)18(3)17(2)24-21-9-8-19-16-20(28)10-13-25(19,4)22(21)11-14-26(24,27)5/h8,20-22,24,28,30H,2-3,6-7,9-16H2,1,4-5H3/t20?,21-,22-,24+,25+,26+,27?/m1/s1. The summed E-state index contributed by atoms with van der Waals surface area (Å²) in [6.07, 6.45) is 9.55. The quantitative estimate of drug-likeness (QED) is 0.363. The minimum atomic E-state index is -0.994. The first-order chi connectivity index (χ1) is 14.6. The topological polar surface area (TPSA) is 66.8 Å². The van der Waals surface area contributed by atoms with Crippen molar-refractivity contribution >= 4 is 5.97 Å². The molecule has 0 amide bonds. The molecular weight excluding hydrogens is 388 g/mol. The minimum absolute atomic E-state index is 0.153. The van der Waals surface area contributed by atoms with Crippen LogP contribution in [0.25, 0.3) is 0 Å². The van der Waals surface area contributed by atoms with Crippen molar-refractivity contribution in [3.8, 4) is 0 Å². The van der Waals surface area contributed by atoms with Gasteiger partial charge in [-0.15, -0.1) is 0 Å². The van der Waals surface area contributed by atoms with Crippen LogP contribution in [0.3, 0.4) is 0 Å². The molecule has 0 aromatic carbocycles. The Balaban J connectivity index is 1.58. The van der Waals surface area contributed by atoms with Crippen LogP contribution >= 0.6 is 0 Å². The number of aliphatic hydroxyl groups is 2. The van der Waals surface area contributed by atoms with Gasteiger partial charge in [-0.1, -0.05) is 45.6 Å². The molecule has 0 radical (unpaired) electrons. The summed E-state index contributed by atoms with van der Waals surface area (Å²) in [5, 5.41) is 22.2. The fraction of sp³-hybridized carbons (Fsp3) is 0.741. The van der Waals surface area contributed by atoms with Gasteiger partial charge in [0, 0.05) is 11.8 Å². The van der Waals surface area contributed by atoms with Crippen LogP contribution in [0.15, 0.2) is 36.0 Å². The lowest BCUT2D eigenvalue weighted by atomic mass is 9.46. The van der Waals surface area contributed by atoms with E-state index in [0.717, 1.165) is 49.7 Å². The summed E-state index contributed by atoms with van der Waals surface area (Å²) in [5.41, 5.74) is 2.15. The first kappa shape index (κ1) is 22.8. The SMILES string of the molecule is C=C1C(=C)C(O)(CCCOC(=O)CC)[C@@]2(C)CC[C@@H]3[C@@H](CC=C4CC(O)CC[C@@]43C)[C@H]12. The van der Waals surface area contributed by atoms with E-state index in [1.807, 2.05) is 0 Å². The predicted molar refractivity (Wildman–Crippen MR) is 122 cm³/mol. The van der Waals surface area contributed by atoms with Crippen LogP contribution in [0.5, 0.6) is 0 Å². The van der Waals surface area contributed by atoms with Crippen LogP contribution in [-0.2, 0) is 9.53 Å². The first-order valence-corrected chi connectivity index (χ1v) is 12.2. The van der Waals surface area contributed by atoms with Crippen molar-refractivity contribution in [2.75, 3.05) is 6.61 Å². The van der Waals surface area contributed by atoms with Gasteiger partial charge in [0.2, 0.25) is 0 Å². The molecule has 2 unspecified atom stereocenters. The second kappa shape index (κ2) is 7.88. The molecule has 3 saturated carbocycles. The molecule has 172 valence electrons. The van der Waals surface area contributed by atoms with E-state index in [0.29, 0.717) is 37.7 Å². The molecule has 0 bridgehead atoms. The second-order valence-corrected chi connectivity index (χ2v) is 11.0. The molecule has 4 rings (SSSR count). The van der Waals surface area contributed by atoms with Gasteiger partial charge in [0.15, 0.2) is 0 Å². The smallest absolute Gasteiger partial charge is 0.305 e. The van der Waals surface area contributed by atoms with Crippen LogP contribution in [-0.4, -0.2) is 34.5 Å². The van der Waals surface area contributed by atoms with Gasteiger partial charge in [-0.2, -0.15) is 0 Å². The lowest BCUT2D eigenvalue weighted by Gasteiger charge is -2.58. The Morgan fingerprint density at radius 3 is 2.71 bits per heavy atom. The van der Waals surface area contributed by atoms with E-state index >= 15 is 0 Å². The molecule has 0 aromatic heterocycles. The molecule has 4 aliphatic rings. The number of carbonyl (C=O) groups is 1. The average molecular weight is 429 g/mol. The monoisotopic (exact) mass is 428 g/mol. The molecule has 0 spiro atoms. The Morgan fingerprint density at radius 2 is 2.00 bits per heavy atom. The van der Waals surface area contributed by atoms with Crippen molar-refractivity contribution in [1.29, 1.82) is 0 Å². The fourth-order valence-corrected chi connectivity index (χ4v) is 7.81. The number of hydrogen-bond acceptors (Lipinski definition) is 4. The van der Waals surface area contributed by atoms with Crippen LogP contribution in [0.2, 0.25) is 0 Å². The summed E-state index contributed by atoms with van der Waals surface area (Å²) in [6.45, 7) is 15.6. The first-order valence-electron chi connectivity index (χ1n) is 12.2. The summed E-state index contributed by atoms with van der Waals surface area (Å²) in [7, 11) is 0. The van der Waals surface area contributed by atoms with E-state index in [9.17, 15) is 15.0 Å². The third-order valence-electron chi connectivity index (χ3n) is 9.69. The summed E-state index contributed by atoms with van der Waals surface area (Å²) >= 11 is 0. The molecule has 0 aromatic rings. The molecule has 0 heterocycles. The fourth-order valence-electron chi connectivity index (χ4n) is 7.81. The molecule has 4 aliphatic carbocycles. The van der Waals surface area contributed by atoms with Gasteiger partial charge in [0.1, 0.15) is 0 Å². The summed E-state index contributed by atoms with van der Waals surface area (Å²) < 4.78 is 5.26. The van der Waals surface area contributed by atoms with Gasteiger partial charge in [-0.25, -0.2) is 0 Å². The molecule has 0 saturated heterocycles. The molecule has 31 heavy (non-hydrogen) atoms. The van der Waals surface area contributed by atoms with E-state index in [1.54, 1.807) is 6.92 Å². The highest BCUT2D eigenvalue weighted by Gasteiger charge is 2.66. The molecule has 3 fully saturated rings. The van der Waals surface area contributed by atoms with Gasteiger partial charge in [-0.3, -0.25) is 4.79 Å². The third-order valence-corrected chi connectivity index (χ3v) is 9.69. The van der Waals surface area contributed by atoms with Crippen molar-refractivity contribution in [1.82, 2.24) is 0 Å². The highest BCUT2D eigenvalue weighted by atomic mass is 16.5. The number of rotatable bonds is 5. The van der Waals surface area contributed by atoms with Crippen LogP contribution in [0.4, 0.5) is 0 Å². The Morgan fingerprint density at radius 1 is 1.26 bits per heavy atom. The highest BCUT2D eigenvalue weighted by molar-refractivity contribution is 5.68.